The summed E-state index contributed by atoms with van der Waals surface area (Å²) in [7, 11) is 0. The van der Waals surface area contributed by atoms with Crippen LogP contribution in [-0.4, -0.2) is 16.6 Å². The van der Waals surface area contributed by atoms with Crippen molar-refractivity contribution in [1.29, 1.82) is 0 Å². The van der Waals surface area contributed by atoms with Gasteiger partial charge in [-0.05, 0) is 12.3 Å². The molecule has 0 radical (unpaired) electrons. The molecule has 1 unspecified atom stereocenters. The predicted molar refractivity (Wildman–Crippen MR) is 40.7 cm³/mol. The highest BCUT2D eigenvalue weighted by molar-refractivity contribution is 4.95. The van der Waals surface area contributed by atoms with Crippen molar-refractivity contribution < 1.29 is 13.9 Å². The molecule has 0 aromatic rings. The Morgan fingerprint density at radius 1 is 0.909 bits per heavy atom. The molecule has 0 aliphatic rings. The molecule has 1 N–H and O–H groups in total. The van der Waals surface area contributed by atoms with Crippen LogP contribution in [0.3, 0.4) is 0 Å². The number of rotatable bonds is 1. The first-order chi connectivity index (χ1) is 4.50. The molecule has 0 rings (SSSR count). The molecule has 1 nitrogen and oxygen atoms in total. The monoisotopic (exact) mass is 166 g/mol. The van der Waals surface area contributed by atoms with Crippen LogP contribution in [0.1, 0.15) is 34.6 Å². The molecule has 0 saturated carbocycles. The van der Waals surface area contributed by atoms with Crippen LogP contribution >= 0.6 is 0 Å². The summed E-state index contributed by atoms with van der Waals surface area (Å²) in [6.45, 7) is 6.66. The number of hydrogen-bond acceptors (Lipinski definition) is 1. The van der Waals surface area contributed by atoms with Gasteiger partial charge < -0.3 is 5.11 Å². The van der Waals surface area contributed by atoms with E-state index in [0.29, 0.717) is 0 Å². The molecule has 1 atom stereocenters. The lowest BCUT2D eigenvalue weighted by Gasteiger charge is -2.41. The lowest BCUT2D eigenvalue weighted by molar-refractivity contribution is -0.207. The second kappa shape index (κ2) is 2.41. The van der Waals surface area contributed by atoms with Crippen LogP contribution in [0.4, 0.5) is 8.78 Å². The van der Waals surface area contributed by atoms with Gasteiger partial charge in [-0.2, -0.15) is 0 Å². The molecule has 0 spiro atoms. The predicted octanol–water partition coefficient (Wildman–Crippen LogP) is 2.44. The van der Waals surface area contributed by atoms with Gasteiger partial charge in [-0.15, -0.1) is 0 Å². The largest absolute Gasteiger partial charge is 0.383 e. The fourth-order valence-electron chi connectivity index (χ4n) is 0.658. The first-order valence-corrected chi connectivity index (χ1v) is 3.60. The molecule has 0 saturated heterocycles. The van der Waals surface area contributed by atoms with E-state index in [-0.39, 0.29) is 0 Å². The Balaban J connectivity index is 4.75. The van der Waals surface area contributed by atoms with Gasteiger partial charge >= 0.3 is 0 Å². The van der Waals surface area contributed by atoms with Gasteiger partial charge in [0.1, 0.15) is 5.60 Å². The highest BCUT2D eigenvalue weighted by Crippen LogP contribution is 2.41. The van der Waals surface area contributed by atoms with Crippen LogP contribution < -0.4 is 0 Å². The fraction of sp³-hybridized carbons (Fsp3) is 1.00. The molecule has 11 heavy (non-hydrogen) atoms. The average molecular weight is 166 g/mol. The Morgan fingerprint density at radius 3 is 1.18 bits per heavy atom. The third-order valence-corrected chi connectivity index (χ3v) is 2.32. The molecule has 3 heteroatoms. The van der Waals surface area contributed by atoms with Crippen molar-refractivity contribution in [2.45, 2.75) is 46.1 Å². The van der Waals surface area contributed by atoms with Crippen LogP contribution in [-0.2, 0) is 0 Å². The van der Waals surface area contributed by atoms with Crippen molar-refractivity contribution in [3.8, 4) is 0 Å². The minimum absolute atomic E-state index is 0.734. The minimum Gasteiger partial charge on any atom is -0.383 e. The van der Waals surface area contributed by atoms with Crippen molar-refractivity contribution in [2.24, 2.45) is 5.41 Å². The number of halogens is 2. The van der Waals surface area contributed by atoms with Gasteiger partial charge in [0, 0.05) is 6.92 Å². The Hall–Kier alpha value is -0.180. The Bertz CT molecular complexity index is 123. The zero-order chi connectivity index (χ0) is 9.50. The van der Waals surface area contributed by atoms with E-state index in [1.807, 2.05) is 0 Å². The Kier molecular flexibility index (Phi) is 2.37. The number of aliphatic hydroxyl groups is 1. The van der Waals surface area contributed by atoms with Crippen LogP contribution in [0.25, 0.3) is 0 Å². The summed E-state index contributed by atoms with van der Waals surface area (Å²) >= 11 is 0. The lowest BCUT2D eigenvalue weighted by Crippen LogP contribution is -2.53. The maximum atomic E-state index is 12.7. The summed E-state index contributed by atoms with van der Waals surface area (Å²) in [6, 6.07) is 0. The van der Waals surface area contributed by atoms with E-state index in [0.717, 1.165) is 13.8 Å². The van der Waals surface area contributed by atoms with Crippen molar-refractivity contribution in [2.75, 3.05) is 0 Å². The highest BCUT2D eigenvalue weighted by Gasteiger charge is 2.52. The van der Waals surface area contributed by atoms with E-state index in [4.69, 9.17) is 0 Å². The summed E-state index contributed by atoms with van der Waals surface area (Å²) < 4.78 is 25.5. The summed E-state index contributed by atoms with van der Waals surface area (Å²) in [4.78, 5) is 0. The molecule has 0 aromatic heterocycles. The molecule has 0 heterocycles. The summed E-state index contributed by atoms with van der Waals surface area (Å²) in [5.74, 6) is -3.06. The van der Waals surface area contributed by atoms with Gasteiger partial charge in [-0.25, -0.2) is 8.78 Å². The van der Waals surface area contributed by atoms with E-state index in [9.17, 15) is 13.9 Å². The van der Waals surface area contributed by atoms with Gasteiger partial charge in [-0.1, -0.05) is 20.8 Å². The zero-order valence-electron chi connectivity index (χ0n) is 7.70. The highest BCUT2D eigenvalue weighted by atomic mass is 19.3. The van der Waals surface area contributed by atoms with Gasteiger partial charge in [0.25, 0.3) is 5.92 Å². The number of hydrogen-bond donors (Lipinski definition) is 1. The smallest absolute Gasteiger partial charge is 0.273 e. The first kappa shape index (κ1) is 10.8. The molecule has 68 valence electrons. The third kappa shape index (κ3) is 1.89. The van der Waals surface area contributed by atoms with Crippen molar-refractivity contribution in [1.82, 2.24) is 0 Å². The molecule has 0 bridgehead atoms. The van der Waals surface area contributed by atoms with Crippen LogP contribution in [0.5, 0.6) is 0 Å². The zero-order valence-corrected chi connectivity index (χ0v) is 7.70. The Morgan fingerprint density at radius 2 is 1.18 bits per heavy atom. The molecule has 0 aliphatic carbocycles. The third-order valence-electron chi connectivity index (χ3n) is 2.32. The van der Waals surface area contributed by atoms with Gasteiger partial charge in [-0.3, -0.25) is 0 Å². The standard InChI is InChI=1S/C8H16F2O/c1-6(2,3)7(4,11)8(5,9)10/h11H,1-5H3. The quantitative estimate of drug-likeness (QED) is 0.634. The maximum absolute atomic E-state index is 12.7. The average Bonchev–Trinajstić information content (AvgIpc) is 1.58. The molecular formula is C8H16F2O. The second-order valence-electron chi connectivity index (χ2n) is 4.21. The van der Waals surface area contributed by atoms with E-state index in [1.165, 1.54) is 0 Å². The van der Waals surface area contributed by atoms with E-state index in [2.05, 4.69) is 0 Å². The van der Waals surface area contributed by atoms with Gasteiger partial charge in [0.2, 0.25) is 0 Å². The van der Waals surface area contributed by atoms with Crippen molar-refractivity contribution >= 4 is 0 Å². The van der Waals surface area contributed by atoms with E-state index >= 15 is 0 Å². The summed E-state index contributed by atoms with van der Waals surface area (Å²) in [5.41, 5.74) is -2.77. The van der Waals surface area contributed by atoms with Crippen molar-refractivity contribution in [3.05, 3.63) is 0 Å². The molecular weight excluding hydrogens is 150 g/mol. The molecule has 0 amide bonds. The number of alkyl halides is 2. The minimum atomic E-state index is -3.06. The SMILES string of the molecule is CC(C)(C)C(C)(O)C(C)(F)F. The van der Waals surface area contributed by atoms with Crippen molar-refractivity contribution in [3.63, 3.8) is 0 Å². The summed E-state index contributed by atoms with van der Waals surface area (Å²) in [6.07, 6.45) is 0. The van der Waals surface area contributed by atoms with Crippen LogP contribution in [0.15, 0.2) is 0 Å². The van der Waals surface area contributed by atoms with Gasteiger partial charge in [0.15, 0.2) is 0 Å². The van der Waals surface area contributed by atoms with Crippen LogP contribution in [0, 0.1) is 5.41 Å². The van der Waals surface area contributed by atoms with E-state index in [1.54, 1.807) is 20.8 Å². The maximum Gasteiger partial charge on any atom is 0.273 e. The first-order valence-electron chi connectivity index (χ1n) is 3.60. The van der Waals surface area contributed by atoms with Crippen LogP contribution in [0.2, 0.25) is 0 Å². The fourth-order valence-corrected chi connectivity index (χ4v) is 0.658. The van der Waals surface area contributed by atoms with E-state index < -0.39 is 16.9 Å². The summed E-state index contributed by atoms with van der Waals surface area (Å²) in [5, 5.41) is 9.44. The molecule has 0 fully saturated rings. The lowest BCUT2D eigenvalue weighted by atomic mass is 9.74. The van der Waals surface area contributed by atoms with Gasteiger partial charge in [0.05, 0.1) is 0 Å². The topological polar surface area (TPSA) is 20.2 Å². The Labute approximate surface area is 66.4 Å². The molecule has 0 aliphatic heterocycles. The normalized spacial score (nSPS) is 19.6. The molecule has 0 aromatic carbocycles. The second-order valence-corrected chi connectivity index (χ2v) is 4.21.